The van der Waals surface area contributed by atoms with Crippen molar-refractivity contribution in [3.8, 4) is 5.75 Å². The molecule has 6 heteroatoms. The first-order valence-corrected chi connectivity index (χ1v) is 6.25. The lowest BCUT2D eigenvalue weighted by molar-refractivity contribution is -0.389. The lowest BCUT2D eigenvalue weighted by atomic mass is 10.2. The lowest BCUT2D eigenvalue weighted by Gasteiger charge is -2.07. The minimum atomic E-state index is -0.519. The third-order valence-corrected chi connectivity index (χ3v) is 2.64. The van der Waals surface area contributed by atoms with Gasteiger partial charge in [-0.3, -0.25) is 0 Å². The zero-order valence-electron chi connectivity index (χ0n) is 11.1. The summed E-state index contributed by atoms with van der Waals surface area (Å²) >= 11 is 0. The van der Waals surface area contributed by atoms with Crippen molar-refractivity contribution in [3.63, 3.8) is 0 Å². The van der Waals surface area contributed by atoms with Crippen molar-refractivity contribution >= 4 is 11.5 Å². The van der Waals surface area contributed by atoms with Gasteiger partial charge in [-0.05, 0) is 40.6 Å². The molecule has 0 radical (unpaired) electrons. The van der Waals surface area contributed by atoms with Gasteiger partial charge in [-0.15, -0.1) is 0 Å². The second-order valence-electron chi connectivity index (χ2n) is 4.10. The average molecular weight is 273 g/mol. The van der Waals surface area contributed by atoms with Crippen molar-refractivity contribution in [2.24, 2.45) is 0 Å². The average Bonchev–Trinajstić information content (AvgIpc) is 2.46. The molecule has 0 unspecified atom stereocenters. The molecule has 0 amide bonds. The SMILES string of the molecule is CCOc1cccc(CNc2ccc([N+](=O)[O-])nc2)c1. The van der Waals surface area contributed by atoms with Gasteiger partial charge in [0.15, 0.2) is 6.20 Å². The number of nitro groups is 1. The molecule has 1 aromatic heterocycles. The van der Waals surface area contributed by atoms with Gasteiger partial charge in [0.2, 0.25) is 0 Å². The molecule has 0 saturated heterocycles. The first kappa shape index (κ1) is 13.8. The normalized spacial score (nSPS) is 10.1. The van der Waals surface area contributed by atoms with Crippen LogP contribution in [0.4, 0.5) is 11.5 Å². The van der Waals surface area contributed by atoms with E-state index in [0.717, 1.165) is 17.0 Å². The van der Waals surface area contributed by atoms with Gasteiger partial charge < -0.3 is 20.2 Å². The van der Waals surface area contributed by atoms with Gasteiger partial charge in [-0.2, -0.15) is 0 Å². The lowest BCUT2D eigenvalue weighted by Crippen LogP contribution is -2.01. The fourth-order valence-corrected chi connectivity index (χ4v) is 1.71. The van der Waals surface area contributed by atoms with Crippen molar-refractivity contribution in [2.45, 2.75) is 13.5 Å². The minimum absolute atomic E-state index is 0.158. The predicted octanol–water partition coefficient (Wildman–Crippen LogP) is 3.00. The number of nitrogens with one attached hydrogen (secondary N) is 1. The zero-order chi connectivity index (χ0) is 14.4. The Hall–Kier alpha value is -2.63. The molecule has 2 aromatic rings. The van der Waals surface area contributed by atoms with E-state index < -0.39 is 4.92 Å². The number of pyridine rings is 1. The minimum Gasteiger partial charge on any atom is -0.494 e. The third-order valence-electron chi connectivity index (χ3n) is 2.64. The third kappa shape index (κ3) is 3.68. The molecule has 0 spiro atoms. The number of aromatic nitrogens is 1. The summed E-state index contributed by atoms with van der Waals surface area (Å²) in [7, 11) is 0. The fourth-order valence-electron chi connectivity index (χ4n) is 1.71. The molecule has 0 aliphatic heterocycles. The molecule has 1 aromatic carbocycles. The molecular weight excluding hydrogens is 258 g/mol. The van der Waals surface area contributed by atoms with Crippen LogP contribution in [-0.2, 0) is 6.54 Å². The van der Waals surface area contributed by atoms with Crippen molar-refractivity contribution < 1.29 is 9.66 Å². The van der Waals surface area contributed by atoms with Crippen LogP contribution in [0.3, 0.4) is 0 Å². The van der Waals surface area contributed by atoms with E-state index >= 15 is 0 Å². The van der Waals surface area contributed by atoms with Crippen LogP contribution >= 0.6 is 0 Å². The van der Waals surface area contributed by atoms with Crippen LogP contribution in [0.2, 0.25) is 0 Å². The van der Waals surface area contributed by atoms with Gasteiger partial charge in [0.25, 0.3) is 0 Å². The number of rotatable bonds is 6. The molecular formula is C14H15N3O3. The molecule has 1 N–H and O–H groups in total. The monoisotopic (exact) mass is 273 g/mol. The Balaban J connectivity index is 1.97. The Bertz CT molecular complexity index is 584. The van der Waals surface area contributed by atoms with Crippen LogP contribution in [0.1, 0.15) is 12.5 Å². The summed E-state index contributed by atoms with van der Waals surface area (Å²) in [4.78, 5) is 13.7. The Morgan fingerprint density at radius 2 is 2.20 bits per heavy atom. The van der Waals surface area contributed by atoms with Crippen molar-refractivity contribution in [1.82, 2.24) is 4.98 Å². The largest absolute Gasteiger partial charge is 0.494 e. The van der Waals surface area contributed by atoms with E-state index in [-0.39, 0.29) is 5.82 Å². The zero-order valence-corrected chi connectivity index (χ0v) is 11.1. The molecule has 0 aliphatic rings. The van der Waals surface area contributed by atoms with Gasteiger partial charge in [-0.1, -0.05) is 12.1 Å². The van der Waals surface area contributed by atoms with Crippen LogP contribution in [0, 0.1) is 10.1 Å². The number of ether oxygens (including phenoxy) is 1. The summed E-state index contributed by atoms with van der Waals surface area (Å²) in [5.41, 5.74) is 1.80. The van der Waals surface area contributed by atoms with E-state index in [1.165, 1.54) is 12.3 Å². The number of hydrogen-bond donors (Lipinski definition) is 1. The van der Waals surface area contributed by atoms with E-state index in [1.54, 1.807) is 6.07 Å². The second-order valence-corrected chi connectivity index (χ2v) is 4.10. The van der Waals surface area contributed by atoms with Crippen LogP contribution in [-0.4, -0.2) is 16.5 Å². The van der Waals surface area contributed by atoms with Crippen molar-refractivity contribution in [1.29, 1.82) is 0 Å². The Labute approximate surface area is 116 Å². The van der Waals surface area contributed by atoms with Gasteiger partial charge in [-0.25, -0.2) is 0 Å². The van der Waals surface area contributed by atoms with Gasteiger partial charge in [0.1, 0.15) is 5.75 Å². The van der Waals surface area contributed by atoms with E-state index in [9.17, 15) is 10.1 Å². The Morgan fingerprint density at radius 1 is 1.35 bits per heavy atom. The molecule has 6 nitrogen and oxygen atoms in total. The van der Waals surface area contributed by atoms with Crippen molar-refractivity contribution in [2.75, 3.05) is 11.9 Å². The Morgan fingerprint density at radius 3 is 2.85 bits per heavy atom. The smallest absolute Gasteiger partial charge is 0.363 e. The van der Waals surface area contributed by atoms with Crippen LogP contribution in [0.5, 0.6) is 5.75 Å². The molecule has 0 fully saturated rings. The summed E-state index contributed by atoms with van der Waals surface area (Å²) in [5, 5.41) is 13.7. The van der Waals surface area contributed by atoms with Crippen LogP contribution < -0.4 is 10.1 Å². The fraction of sp³-hybridized carbons (Fsp3) is 0.214. The summed E-state index contributed by atoms with van der Waals surface area (Å²) in [6.07, 6.45) is 1.45. The maximum absolute atomic E-state index is 10.5. The number of nitrogens with zero attached hydrogens (tertiary/aromatic N) is 2. The standard InChI is InChI=1S/C14H15N3O3/c1-2-20-13-5-3-4-11(8-13)9-15-12-6-7-14(16-10-12)17(18)19/h3-8,10,15H,2,9H2,1H3. The maximum atomic E-state index is 10.5. The van der Waals surface area contributed by atoms with Crippen LogP contribution in [0.25, 0.3) is 0 Å². The first-order valence-electron chi connectivity index (χ1n) is 6.25. The van der Waals surface area contributed by atoms with Crippen LogP contribution in [0.15, 0.2) is 42.6 Å². The topological polar surface area (TPSA) is 77.3 Å². The van der Waals surface area contributed by atoms with Gasteiger partial charge in [0, 0.05) is 12.6 Å². The molecule has 0 atom stereocenters. The summed E-state index contributed by atoms with van der Waals surface area (Å²) in [6, 6.07) is 10.8. The summed E-state index contributed by atoms with van der Waals surface area (Å²) in [6.45, 7) is 3.16. The first-order chi connectivity index (χ1) is 9.69. The number of hydrogen-bond acceptors (Lipinski definition) is 5. The molecule has 2 rings (SSSR count). The van der Waals surface area contributed by atoms with E-state index in [2.05, 4.69) is 10.3 Å². The highest BCUT2D eigenvalue weighted by atomic mass is 16.6. The van der Waals surface area contributed by atoms with Gasteiger partial charge in [0.05, 0.1) is 12.3 Å². The quantitative estimate of drug-likeness (QED) is 0.646. The predicted molar refractivity (Wildman–Crippen MR) is 75.8 cm³/mol. The molecule has 0 aliphatic carbocycles. The second kappa shape index (κ2) is 6.51. The van der Waals surface area contributed by atoms with E-state index in [0.29, 0.717) is 13.2 Å². The number of anilines is 1. The highest BCUT2D eigenvalue weighted by molar-refractivity contribution is 5.44. The molecule has 20 heavy (non-hydrogen) atoms. The molecule has 0 bridgehead atoms. The highest BCUT2D eigenvalue weighted by Gasteiger charge is 2.06. The van der Waals surface area contributed by atoms with Crippen molar-refractivity contribution in [3.05, 3.63) is 58.3 Å². The molecule has 1 heterocycles. The maximum Gasteiger partial charge on any atom is 0.363 e. The van der Waals surface area contributed by atoms with E-state index in [4.69, 9.17) is 4.74 Å². The summed E-state index contributed by atoms with van der Waals surface area (Å²) < 4.78 is 5.43. The molecule has 104 valence electrons. The molecule has 0 saturated carbocycles. The Kier molecular flexibility index (Phi) is 4.49. The summed E-state index contributed by atoms with van der Waals surface area (Å²) in [5.74, 6) is 0.669. The highest BCUT2D eigenvalue weighted by Crippen LogP contribution is 2.16. The van der Waals surface area contributed by atoms with Gasteiger partial charge >= 0.3 is 5.82 Å². The van der Waals surface area contributed by atoms with E-state index in [1.807, 2.05) is 31.2 Å². The number of benzene rings is 1.